The van der Waals surface area contributed by atoms with Crippen molar-refractivity contribution in [1.82, 2.24) is 19.9 Å². The Morgan fingerprint density at radius 1 is 1.29 bits per heavy atom. The minimum absolute atomic E-state index is 0.493. The zero-order valence-corrected chi connectivity index (χ0v) is 12.1. The van der Waals surface area contributed by atoms with Crippen molar-refractivity contribution in [2.75, 3.05) is 24.6 Å². The summed E-state index contributed by atoms with van der Waals surface area (Å²) in [5.74, 6) is 2.10. The lowest BCUT2D eigenvalue weighted by atomic mass is 10.1. The van der Waals surface area contributed by atoms with Crippen LogP contribution in [0.5, 0.6) is 5.88 Å². The van der Waals surface area contributed by atoms with E-state index in [1.807, 2.05) is 0 Å². The van der Waals surface area contributed by atoms with Crippen LogP contribution in [0, 0.1) is 5.92 Å². The Balaban J connectivity index is 1.55. The number of anilines is 1. The van der Waals surface area contributed by atoms with E-state index in [-0.39, 0.29) is 0 Å². The second kappa shape index (κ2) is 6.47. The van der Waals surface area contributed by atoms with Crippen LogP contribution in [0.3, 0.4) is 0 Å². The Labute approximate surface area is 124 Å². The lowest BCUT2D eigenvalue weighted by Gasteiger charge is -2.17. The van der Waals surface area contributed by atoms with Gasteiger partial charge in [-0.2, -0.15) is 0 Å². The first kappa shape index (κ1) is 13.7. The summed E-state index contributed by atoms with van der Waals surface area (Å²) in [6.07, 6.45) is 8.62. The molecule has 2 aromatic heterocycles. The van der Waals surface area contributed by atoms with E-state index in [2.05, 4.69) is 37.8 Å². The van der Waals surface area contributed by atoms with Crippen molar-refractivity contribution >= 4 is 5.82 Å². The van der Waals surface area contributed by atoms with Gasteiger partial charge in [-0.05, 0) is 12.8 Å². The molecule has 6 nitrogen and oxygen atoms in total. The first-order chi connectivity index (χ1) is 10.3. The second-order valence-corrected chi connectivity index (χ2v) is 5.18. The van der Waals surface area contributed by atoms with Crippen molar-refractivity contribution in [2.24, 2.45) is 5.92 Å². The maximum absolute atomic E-state index is 5.69. The highest BCUT2D eigenvalue weighted by molar-refractivity contribution is 5.40. The lowest BCUT2D eigenvalue weighted by molar-refractivity contribution is 0.251. The normalized spacial score (nSPS) is 18.0. The molecule has 1 saturated heterocycles. The summed E-state index contributed by atoms with van der Waals surface area (Å²) in [7, 11) is 0. The third-order valence-corrected chi connectivity index (χ3v) is 3.69. The highest BCUT2D eigenvalue weighted by atomic mass is 16.5. The van der Waals surface area contributed by atoms with Gasteiger partial charge in [-0.3, -0.25) is 4.98 Å². The smallest absolute Gasteiger partial charge is 0.232 e. The average Bonchev–Trinajstić information content (AvgIpc) is 3.03. The van der Waals surface area contributed by atoms with Crippen molar-refractivity contribution in [1.29, 1.82) is 0 Å². The molecule has 2 aromatic rings. The molecule has 21 heavy (non-hydrogen) atoms. The molecule has 0 aliphatic carbocycles. The monoisotopic (exact) mass is 285 g/mol. The molecule has 110 valence electrons. The van der Waals surface area contributed by atoms with Gasteiger partial charge in [0.05, 0.1) is 12.8 Å². The Bertz CT molecular complexity index is 577. The number of rotatable bonds is 5. The van der Waals surface area contributed by atoms with E-state index in [1.54, 1.807) is 24.9 Å². The summed E-state index contributed by atoms with van der Waals surface area (Å²) in [6, 6.07) is 2.08. The van der Waals surface area contributed by atoms with Crippen molar-refractivity contribution in [3.05, 3.63) is 36.7 Å². The molecule has 0 saturated carbocycles. The predicted molar refractivity (Wildman–Crippen MR) is 79.3 cm³/mol. The van der Waals surface area contributed by atoms with Gasteiger partial charge in [-0.15, -0.1) is 0 Å². The molecule has 0 aromatic carbocycles. The first-order valence-electron chi connectivity index (χ1n) is 7.30. The van der Waals surface area contributed by atoms with E-state index >= 15 is 0 Å². The quantitative estimate of drug-likeness (QED) is 0.833. The average molecular weight is 285 g/mol. The molecule has 1 fully saturated rings. The zero-order valence-electron chi connectivity index (χ0n) is 12.1. The fraction of sp³-hybridized carbons (Fsp3) is 0.467. The summed E-state index contributed by atoms with van der Waals surface area (Å²) in [6.45, 7) is 4.74. The molecule has 1 aliphatic rings. The lowest BCUT2D eigenvalue weighted by Crippen LogP contribution is -2.23. The van der Waals surface area contributed by atoms with Crippen LogP contribution < -0.4 is 9.64 Å². The summed E-state index contributed by atoms with van der Waals surface area (Å²) in [5.41, 5.74) is 1.08. The number of aromatic nitrogens is 4. The van der Waals surface area contributed by atoms with Crippen LogP contribution in [0.2, 0.25) is 0 Å². The van der Waals surface area contributed by atoms with Crippen molar-refractivity contribution in [3.63, 3.8) is 0 Å². The van der Waals surface area contributed by atoms with Gasteiger partial charge < -0.3 is 9.64 Å². The van der Waals surface area contributed by atoms with Crippen LogP contribution in [0.25, 0.3) is 0 Å². The molecule has 0 bridgehead atoms. The fourth-order valence-corrected chi connectivity index (χ4v) is 2.49. The van der Waals surface area contributed by atoms with Crippen LogP contribution in [-0.4, -0.2) is 39.6 Å². The molecule has 1 aliphatic heterocycles. The van der Waals surface area contributed by atoms with E-state index in [0.29, 0.717) is 18.4 Å². The molecular weight excluding hydrogens is 266 g/mol. The maximum Gasteiger partial charge on any atom is 0.232 e. The van der Waals surface area contributed by atoms with E-state index in [1.165, 1.54) is 0 Å². The number of aryl methyl sites for hydroxylation is 1. The minimum Gasteiger partial charge on any atom is -0.476 e. The summed E-state index contributed by atoms with van der Waals surface area (Å²) in [5, 5.41) is 0. The molecule has 3 heterocycles. The standard InChI is InChI=1S/C15H19N5O/c1-2-13-7-14(19-11-18-13)20-6-3-12(9-20)10-21-15-8-16-4-5-17-15/h4-5,7-8,11-12H,2-3,6,9-10H2,1H3. The first-order valence-corrected chi connectivity index (χ1v) is 7.30. The predicted octanol–water partition coefficient (Wildman–Crippen LogP) is 1.73. The summed E-state index contributed by atoms with van der Waals surface area (Å²) in [4.78, 5) is 19.0. The molecular formula is C15H19N5O. The molecule has 0 spiro atoms. The summed E-state index contributed by atoms with van der Waals surface area (Å²) < 4.78 is 5.69. The van der Waals surface area contributed by atoms with Crippen LogP contribution in [-0.2, 0) is 6.42 Å². The van der Waals surface area contributed by atoms with Gasteiger partial charge in [-0.25, -0.2) is 15.0 Å². The second-order valence-electron chi connectivity index (χ2n) is 5.18. The highest BCUT2D eigenvalue weighted by Gasteiger charge is 2.24. The van der Waals surface area contributed by atoms with Gasteiger partial charge in [0.25, 0.3) is 0 Å². The Morgan fingerprint density at radius 3 is 3.05 bits per heavy atom. The zero-order chi connectivity index (χ0) is 14.5. The van der Waals surface area contributed by atoms with Gasteiger partial charge in [0.1, 0.15) is 12.1 Å². The van der Waals surface area contributed by atoms with E-state index in [9.17, 15) is 0 Å². The number of nitrogens with zero attached hydrogens (tertiary/aromatic N) is 5. The molecule has 1 atom stereocenters. The Kier molecular flexibility index (Phi) is 4.23. The summed E-state index contributed by atoms with van der Waals surface area (Å²) >= 11 is 0. The molecule has 6 heteroatoms. The van der Waals surface area contributed by atoms with Gasteiger partial charge in [-0.1, -0.05) is 6.92 Å². The third kappa shape index (κ3) is 3.45. The minimum atomic E-state index is 0.493. The van der Waals surface area contributed by atoms with Crippen molar-refractivity contribution in [2.45, 2.75) is 19.8 Å². The fourth-order valence-electron chi connectivity index (χ4n) is 2.49. The molecule has 1 unspecified atom stereocenters. The van der Waals surface area contributed by atoms with Gasteiger partial charge in [0, 0.05) is 43.2 Å². The van der Waals surface area contributed by atoms with Gasteiger partial charge in [0.2, 0.25) is 5.88 Å². The van der Waals surface area contributed by atoms with E-state index in [0.717, 1.165) is 37.4 Å². The number of ether oxygens (including phenoxy) is 1. The third-order valence-electron chi connectivity index (χ3n) is 3.69. The van der Waals surface area contributed by atoms with Gasteiger partial charge >= 0.3 is 0 Å². The topological polar surface area (TPSA) is 64.0 Å². The highest BCUT2D eigenvalue weighted by Crippen LogP contribution is 2.22. The van der Waals surface area contributed by atoms with E-state index < -0.39 is 0 Å². The SMILES string of the molecule is CCc1cc(N2CCC(COc3cnccn3)C2)ncn1. The Morgan fingerprint density at radius 2 is 2.24 bits per heavy atom. The van der Waals surface area contributed by atoms with Crippen LogP contribution in [0.4, 0.5) is 5.82 Å². The Hall–Kier alpha value is -2.24. The largest absolute Gasteiger partial charge is 0.476 e. The maximum atomic E-state index is 5.69. The van der Waals surface area contributed by atoms with Crippen LogP contribution in [0.1, 0.15) is 19.0 Å². The van der Waals surface area contributed by atoms with Gasteiger partial charge in [0.15, 0.2) is 0 Å². The van der Waals surface area contributed by atoms with Crippen molar-refractivity contribution in [3.8, 4) is 5.88 Å². The number of hydrogen-bond donors (Lipinski definition) is 0. The molecule has 0 N–H and O–H groups in total. The molecule has 3 rings (SSSR count). The molecule has 0 amide bonds. The van der Waals surface area contributed by atoms with Crippen molar-refractivity contribution < 1.29 is 4.74 Å². The molecule has 0 radical (unpaired) electrons. The van der Waals surface area contributed by atoms with Crippen LogP contribution in [0.15, 0.2) is 31.0 Å². The number of hydrogen-bond acceptors (Lipinski definition) is 6. The van der Waals surface area contributed by atoms with Crippen LogP contribution >= 0.6 is 0 Å². The van der Waals surface area contributed by atoms with E-state index in [4.69, 9.17) is 4.74 Å².